The molecule has 0 aliphatic heterocycles. The molecule has 0 heterocycles. The molecule has 1 amide bonds. The average molecular weight is 382 g/mol. The SMILES string of the molecule is Cc1ccc([C@@H](C)NC(=O)COC(=O)/C=C/c2ccc([N+](=O)[O-])cc2)cc1C. The Hall–Kier alpha value is -3.48. The van der Waals surface area contributed by atoms with Gasteiger partial charge in [-0.1, -0.05) is 18.2 Å². The van der Waals surface area contributed by atoms with Crippen molar-refractivity contribution in [3.05, 3.63) is 80.9 Å². The number of rotatable bonds is 7. The average Bonchev–Trinajstić information content (AvgIpc) is 2.67. The van der Waals surface area contributed by atoms with Crippen LogP contribution in [0.3, 0.4) is 0 Å². The van der Waals surface area contributed by atoms with Gasteiger partial charge in [0.2, 0.25) is 0 Å². The summed E-state index contributed by atoms with van der Waals surface area (Å²) in [4.78, 5) is 33.8. The molecule has 0 unspecified atom stereocenters. The fourth-order valence-electron chi connectivity index (χ4n) is 2.46. The zero-order valence-electron chi connectivity index (χ0n) is 16.0. The first-order valence-corrected chi connectivity index (χ1v) is 8.72. The number of nitrogens with one attached hydrogen (secondary N) is 1. The number of ether oxygens (including phenoxy) is 1. The van der Waals surface area contributed by atoms with Gasteiger partial charge in [0.25, 0.3) is 11.6 Å². The number of hydrogen-bond donors (Lipinski definition) is 1. The van der Waals surface area contributed by atoms with Crippen molar-refractivity contribution >= 4 is 23.6 Å². The molecule has 0 fully saturated rings. The Bertz CT molecular complexity index is 904. The lowest BCUT2D eigenvalue weighted by molar-refractivity contribution is -0.384. The van der Waals surface area contributed by atoms with E-state index in [-0.39, 0.29) is 11.7 Å². The lowest BCUT2D eigenvalue weighted by Gasteiger charge is -2.15. The normalized spacial score (nSPS) is 11.8. The van der Waals surface area contributed by atoms with Crippen LogP contribution in [0.4, 0.5) is 5.69 Å². The zero-order chi connectivity index (χ0) is 20.7. The van der Waals surface area contributed by atoms with E-state index in [0.717, 1.165) is 11.1 Å². The van der Waals surface area contributed by atoms with Crippen molar-refractivity contribution in [1.29, 1.82) is 0 Å². The Balaban J connectivity index is 1.82. The second-order valence-corrected chi connectivity index (χ2v) is 6.42. The minimum absolute atomic E-state index is 0.0331. The van der Waals surface area contributed by atoms with Gasteiger partial charge in [-0.15, -0.1) is 0 Å². The first kappa shape index (κ1) is 20.8. The summed E-state index contributed by atoms with van der Waals surface area (Å²) in [6, 6.07) is 11.5. The maximum Gasteiger partial charge on any atom is 0.331 e. The molecule has 0 aliphatic rings. The summed E-state index contributed by atoms with van der Waals surface area (Å²) in [6.45, 7) is 5.50. The van der Waals surface area contributed by atoms with E-state index in [4.69, 9.17) is 4.74 Å². The van der Waals surface area contributed by atoms with E-state index < -0.39 is 23.4 Å². The molecular weight excluding hydrogens is 360 g/mol. The van der Waals surface area contributed by atoms with Gasteiger partial charge in [0.15, 0.2) is 6.61 Å². The number of amides is 1. The third kappa shape index (κ3) is 6.05. The maximum absolute atomic E-state index is 12.0. The summed E-state index contributed by atoms with van der Waals surface area (Å²) in [6.07, 6.45) is 2.63. The second-order valence-electron chi connectivity index (χ2n) is 6.42. The smallest absolute Gasteiger partial charge is 0.331 e. The minimum Gasteiger partial charge on any atom is -0.452 e. The molecule has 0 bridgehead atoms. The Morgan fingerprint density at radius 1 is 1.14 bits per heavy atom. The Morgan fingerprint density at radius 3 is 2.43 bits per heavy atom. The Kier molecular flexibility index (Phi) is 7.03. The van der Waals surface area contributed by atoms with E-state index in [0.29, 0.717) is 5.56 Å². The summed E-state index contributed by atoms with van der Waals surface area (Å²) >= 11 is 0. The predicted molar refractivity (Wildman–Crippen MR) is 106 cm³/mol. The van der Waals surface area contributed by atoms with Gasteiger partial charge in [-0.25, -0.2) is 4.79 Å². The third-order valence-corrected chi connectivity index (χ3v) is 4.27. The summed E-state index contributed by atoms with van der Waals surface area (Å²) in [5.41, 5.74) is 3.86. The number of carbonyl (C=O) groups excluding carboxylic acids is 2. The van der Waals surface area contributed by atoms with E-state index in [1.165, 1.54) is 42.0 Å². The highest BCUT2D eigenvalue weighted by molar-refractivity contribution is 5.89. The van der Waals surface area contributed by atoms with Gasteiger partial charge in [0, 0.05) is 18.2 Å². The summed E-state index contributed by atoms with van der Waals surface area (Å²) in [5, 5.41) is 13.4. The van der Waals surface area contributed by atoms with E-state index in [2.05, 4.69) is 5.32 Å². The van der Waals surface area contributed by atoms with Gasteiger partial charge < -0.3 is 10.1 Å². The Morgan fingerprint density at radius 2 is 1.82 bits per heavy atom. The van der Waals surface area contributed by atoms with Crippen LogP contribution in [0.1, 0.15) is 35.2 Å². The van der Waals surface area contributed by atoms with Crippen LogP contribution in [0.2, 0.25) is 0 Å². The van der Waals surface area contributed by atoms with Crippen LogP contribution < -0.4 is 5.32 Å². The van der Waals surface area contributed by atoms with Crippen molar-refractivity contribution in [3.63, 3.8) is 0 Å². The molecule has 2 aromatic carbocycles. The highest BCUT2D eigenvalue weighted by atomic mass is 16.6. The maximum atomic E-state index is 12.0. The molecule has 0 aromatic heterocycles. The van der Waals surface area contributed by atoms with E-state index in [1.807, 2.05) is 39.0 Å². The molecule has 1 N–H and O–H groups in total. The quantitative estimate of drug-likeness (QED) is 0.341. The molecule has 0 aliphatic carbocycles. The second kappa shape index (κ2) is 9.45. The largest absolute Gasteiger partial charge is 0.452 e. The minimum atomic E-state index is -0.674. The lowest BCUT2D eigenvalue weighted by Crippen LogP contribution is -2.31. The number of benzene rings is 2. The van der Waals surface area contributed by atoms with Crippen LogP contribution in [0.15, 0.2) is 48.5 Å². The van der Waals surface area contributed by atoms with Gasteiger partial charge in [-0.3, -0.25) is 14.9 Å². The number of non-ortho nitro benzene ring substituents is 1. The molecular formula is C21H22N2O5. The van der Waals surface area contributed by atoms with Crippen molar-refractivity contribution in [3.8, 4) is 0 Å². The van der Waals surface area contributed by atoms with Crippen molar-refractivity contribution in [2.75, 3.05) is 6.61 Å². The van der Waals surface area contributed by atoms with Crippen molar-refractivity contribution < 1.29 is 19.2 Å². The van der Waals surface area contributed by atoms with Crippen LogP contribution in [0.25, 0.3) is 6.08 Å². The van der Waals surface area contributed by atoms with Crippen molar-refractivity contribution in [1.82, 2.24) is 5.32 Å². The van der Waals surface area contributed by atoms with Crippen LogP contribution in [0.5, 0.6) is 0 Å². The van der Waals surface area contributed by atoms with E-state index >= 15 is 0 Å². The first-order valence-electron chi connectivity index (χ1n) is 8.72. The van der Waals surface area contributed by atoms with Crippen molar-refractivity contribution in [2.45, 2.75) is 26.8 Å². The molecule has 0 saturated carbocycles. The standard InChI is InChI=1S/C21H22N2O5/c1-14-4-8-18(12-15(14)2)16(3)22-20(24)13-28-21(25)11-7-17-5-9-19(10-6-17)23(26)27/h4-12,16H,13H2,1-3H3,(H,22,24)/b11-7+/t16-/m1/s1. The summed E-state index contributed by atoms with van der Waals surface area (Å²) in [7, 11) is 0. The molecule has 0 spiro atoms. The third-order valence-electron chi connectivity index (χ3n) is 4.27. The topological polar surface area (TPSA) is 98.5 Å². The number of nitrogens with zero attached hydrogens (tertiary/aromatic N) is 1. The molecule has 0 radical (unpaired) electrons. The van der Waals surface area contributed by atoms with Crippen LogP contribution >= 0.6 is 0 Å². The molecule has 2 aromatic rings. The highest BCUT2D eigenvalue weighted by Crippen LogP contribution is 2.16. The fraction of sp³-hybridized carbons (Fsp3) is 0.238. The lowest BCUT2D eigenvalue weighted by atomic mass is 10.0. The number of carbonyl (C=O) groups is 2. The molecule has 0 saturated heterocycles. The monoisotopic (exact) mass is 382 g/mol. The number of nitro groups is 1. The molecule has 7 heteroatoms. The number of esters is 1. The molecule has 2 rings (SSSR count). The molecule has 28 heavy (non-hydrogen) atoms. The van der Waals surface area contributed by atoms with Crippen LogP contribution in [-0.2, 0) is 14.3 Å². The molecule has 7 nitrogen and oxygen atoms in total. The predicted octanol–water partition coefficient (Wildman–Crippen LogP) is 3.65. The van der Waals surface area contributed by atoms with Gasteiger partial charge in [-0.05, 0) is 61.2 Å². The molecule has 1 atom stereocenters. The highest BCUT2D eigenvalue weighted by Gasteiger charge is 2.11. The van der Waals surface area contributed by atoms with Gasteiger partial charge >= 0.3 is 5.97 Å². The number of aryl methyl sites for hydroxylation is 2. The van der Waals surface area contributed by atoms with Crippen LogP contribution in [-0.4, -0.2) is 23.4 Å². The fourth-order valence-corrected chi connectivity index (χ4v) is 2.46. The van der Waals surface area contributed by atoms with Crippen LogP contribution in [0, 0.1) is 24.0 Å². The summed E-state index contributed by atoms with van der Waals surface area (Å²) < 4.78 is 4.92. The van der Waals surface area contributed by atoms with Gasteiger partial charge in [0.05, 0.1) is 11.0 Å². The number of nitro benzene ring substituents is 1. The molecule has 146 valence electrons. The number of hydrogen-bond acceptors (Lipinski definition) is 5. The van der Waals surface area contributed by atoms with Gasteiger partial charge in [0.1, 0.15) is 0 Å². The zero-order valence-corrected chi connectivity index (χ0v) is 16.0. The first-order chi connectivity index (χ1) is 13.3. The summed E-state index contributed by atoms with van der Waals surface area (Å²) in [5.74, 6) is -1.07. The van der Waals surface area contributed by atoms with Crippen molar-refractivity contribution in [2.24, 2.45) is 0 Å². The van der Waals surface area contributed by atoms with E-state index in [1.54, 1.807) is 0 Å². The van der Waals surface area contributed by atoms with Gasteiger partial charge in [-0.2, -0.15) is 0 Å². The van der Waals surface area contributed by atoms with E-state index in [9.17, 15) is 19.7 Å². The Labute approximate surface area is 163 Å².